The normalized spacial score (nSPS) is 14.0. The van der Waals surface area contributed by atoms with Crippen LogP contribution in [0.15, 0.2) is 195 Å². The second-order valence-corrected chi connectivity index (χ2v) is 28.2. The SMILES string of the molecule is C.C.C1CCOC1.CC1(C)OB(c2cccnc2)OC1(C)C.CC1(C)OB(c2ccncc2)OC1(C)C.Clc1cc(Cl)cc(-c2nc(-c3ccccc3)nc(-c3cc(Cl)cc(Cl)c3)n2)c1.Clc1nc(Cl)nc(-c2ccccc2)n1.Clc1nc(Cl)nc(Cl)n1.OB(O)c1cc(Cl)cc(Cl)c1.[Br-].[Mg+2].[c-]1ccccc1. The number of aromatic nitrogens is 11. The summed E-state index contributed by atoms with van der Waals surface area (Å²) in [5.41, 5.74) is 4.25. The van der Waals surface area contributed by atoms with Gasteiger partial charge in [0.25, 0.3) is 0 Å². The molecule has 2 N–H and O–H groups in total. The standard InChI is InChI=1S/C21H11Cl4N3.2C11H16BNO2.C9H5Cl2N3.C6H5BCl2O2.C6H5.C4H8O.C3Cl3N3.2CH4.BrH.Mg/c22-15-6-13(7-16(23)10-15)20-26-19(12-4-2-1-3-5-12)27-21(28-20)14-8-17(24)11-18(25)9-14;1-10(2)11(3,4)15-12(14-10)9-5-7-13-8-6-9;1-10(2)11(3,4)15-12(14-10)9-6-5-7-13-8-9;10-8-12-7(13-9(11)14-8)6-4-2-1-3-5-6;8-5-1-4(7(10)11)2-6(9)3-5;1-2-4-6-5-3-1;1-2-4-5-3-1;4-1-7-2(5)9-3(6)8-1;;;;/h1-11H;2*5-8H,1-4H3;1-5H;1-3,10-11H;1-5H;1-4H2;;2*1H4;1H;/q;;;;;-1;;;;;;+2/p-1. The Hall–Kier alpha value is -5.00. The third-order valence-corrected chi connectivity index (χ3v) is 17.3. The summed E-state index contributed by atoms with van der Waals surface area (Å²) in [5.74, 6) is 1.90. The third kappa shape index (κ3) is 32.0. The first-order valence-corrected chi connectivity index (χ1v) is 35.4. The van der Waals surface area contributed by atoms with Crippen LogP contribution in [-0.2, 0) is 23.4 Å². The molecule has 3 saturated heterocycles. The Morgan fingerprint density at radius 1 is 0.374 bits per heavy atom. The van der Waals surface area contributed by atoms with E-state index in [1.165, 1.54) is 31.0 Å². The first-order valence-electron chi connectivity index (χ1n) is 31.3. The summed E-state index contributed by atoms with van der Waals surface area (Å²) in [6, 6.07) is 54.0. The number of rotatable bonds is 7. The van der Waals surface area contributed by atoms with Crippen LogP contribution in [0.4, 0.5) is 0 Å². The molecule has 0 spiro atoms. The summed E-state index contributed by atoms with van der Waals surface area (Å²) >= 11 is 63.1. The van der Waals surface area contributed by atoms with Gasteiger partial charge in [-0.15, -0.1) is 0 Å². The monoisotopic (exact) mass is 1740 g/mol. The minimum absolute atomic E-state index is 0. The second-order valence-electron chi connectivity index (χ2n) is 23.9. The molecule has 3 aliphatic rings. The van der Waals surface area contributed by atoms with Crippen LogP contribution in [0.3, 0.4) is 0 Å². The van der Waals surface area contributed by atoms with Gasteiger partial charge < -0.3 is 50.4 Å². The van der Waals surface area contributed by atoms with Crippen molar-refractivity contribution in [3.05, 3.63) is 257 Å². The van der Waals surface area contributed by atoms with Crippen LogP contribution >= 0.6 is 128 Å². The van der Waals surface area contributed by atoms with Gasteiger partial charge in [-0.2, -0.15) is 66.3 Å². The quantitative estimate of drug-likeness (QED) is 0.112. The Kier molecular flexibility index (Phi) is 42.0. The zero-order valence-electron chi connectivity index (χ0n) is 57.6. The van der Waals surface area contributed by atoms with Crippen molar-refractivity contribution in [1.82, 2.24) is 54.8 Å². The molecule has 0 bridgehead atoms. The van der Waals surface area contributed by atoms with Crippen LogP contribution in [0.25, 0.3) is 45.6 Å². The molecule has 34 heteroatoms. The van der Waals surface area contributed by atoms with Crippen molar-refractivity contribution in [2.24, 2.45) is 0 Å². The predicted octanol–water partition coefficient (Wildman–Crippen LogP) is 15.8. The van der Waals surface area contributed by atoms with Crippen LogP contribution in [0.2, 0.25) is 56.6 Å². The average Bonchev–Trinajstić information content (AvgIpc) is 1.76. The van der Waals surface area contributed by atoms with Gasteiger partial charge in [0.05, 0.1) is 22.4 Å². The van der Waals surface area contributed by atoms with E-state index < -0.39 is 7.12 Å². The largest absolute Gasteiger partial charge is 2.00 e. The Morgan fingerprint density at radius 2 is 0.701 bits per heavy atom. The molecule has 14 rings (SSSR count). The van der Waals surface area contributed by atoms with Gasteiger partial charge in [0.1, 0.15) is 0 Å². The molecule has 0 atom stereocenters. The van der Waals surface area contributed by atoms with Gasteiger partial charge in [-0.3, -0.25) is 9.97 Å². The Balaban J connectivity index is 0.000000331. The zero-order chi connectivity index (χ0) is 74.9. The summed E-state index contributed by atoms with van der Waals surface area (Å²) in [5, 5.41) is 20.4. The van der Waals surface area contributed by atoms with Crippen molar-refractivity contribution in [3.8, 4) is 45.6 Å². The molecule has 8 heterocycles. The molecular formula is C73H74B3BrCl11MgN11O7. The van der Waals surface area contributed by atoms with E-state index in [1.807, 2.05) is 171 Å². The van der Waals surface area contributed by atoms with E-state index in [0.29, 0.717) is 70.0 Å². The summed E-state index contributed by atoms with van der Waals surface area (Å²) in [6.07, 6.45) is 9.58. The minimum Gasteiger partial charge on any atom is -1.00 e. The summed E-state index contributed by atoms with van der Waals surface area (Å²) in [7, 11) is -2.10. The molecule has 18 nitrogen and oxygen atoms in total. The number of hydrogen-bond donors (Lipinski definition) is 2. The van der Waals surface area contributed by atoms with Crippen molar-refractivity contribution >= 4 is 188 Å². The van der Waals surface area contributed by atoms with E-state index >= 15 is 0 Å². The van der Waals surface area contributed by atoms with Crippen molar-refractivity contribution in [2.75, 3.05) is 13.2 Å². The fraction of sp³-hybridized carbons (Fsp3) is 0.247. The first kappa shape index (κ1) is 96.2. The number of halogens is 12. The van der Waals surface area contributed by atoms with E-state index in [4.69, 9.17) is 161 Å². The van der Waals surface area contributed by atoms with E-state index in [2.05, 4.69) is 60.9 Å². The Morgan fingerprint density at radius 3 is 1.01 bits per heavy atom. The number of hydrogen-bond acceptors (Lipinski definition) is 18. The molecule has 3 fully saturated rings. The molecule has 558 valence electrons. The van der Waals surface area contributed by atoms with Gasteiger partial charge in [-0.25, -0.2) is 15.0 Å². The smallest absolute Gasteiger partial charge is 1.00 e. The molecule has 0 unspecified atom stereocenters. The van der Waals surface area contributed by atoms with E-state index in [9.17, 15) is 0 Å². The third-order valence-electron chi connectivity index (χ3n) is 15.1. The van der Waals surface area contributed by atoms with Crippen molar-refractivity contribution in [1.29, 1.82) is 0 Å². The first-order chi connectivity index (χ1) is 48.8. The number of nitrogens with zero attached hydrogens (tertiary/aromatic N) is 11. The van der Waals surface area contributed by atoms with Crippen LogP contribution in [0, 0.1) is 6.07 Å². The fourth-order valence-electron chi connectivity index (χ4n) is 8.63. The number of pyridine rings is 2. The molecular weight excluding hydrogens is 1670 g/mol. The van der Waals surface area contributed by atoms with Crippen molar-refractivity contribution in [3.63, 3.8) is 0 Å². The van der Waals surface area contributed by atoms with Crippen LogP contribution < -0.4 is 33.4 Å². The Bertz CT molecular complexity index is 4140. The zero-order valence-corrected chi connectivity index (χ0v) is 68.9. The maximum absolute atomic E-state index is 8.71. The summed E-state index contributed by atoms with van der Waals surface area (Å²) in [6.45, 7) is 18.4. The van der Waals surface area contributed by atoms with Gasteiger partial charge >= 0.3 is 44.4 Å². The predicted molar refractivity (Wildman–Crippen MR) is 437 cm³/mol. The molecule has 0 saturated carbocycles. The van der Waals surface area contributed by atoms with Crippen molar-refractivity contribution < 1.29 is 50.4 Å². The van der Waals surface area contributed by atoms with Gasteiger partial charge in [-0.05, 0) is 210 Å². The minimum atomic E-state index is -1.52. The van der Waals surface area contributed by atoms with Crippen LogP contribution in [0.5, 0.6) is 0 Å². The summed E-state index contributed by atoms with van der Waals surface area (Å²) in [4.78, 5) is 43.9. The molecule has 11 aromatic rings. The molecule has 3 aliphatic heterocycles. The van der Waals surface area contributed by atoms with E-state index in [-0.39, 0.29) is 118 Å². The number of benzene rings is 6. The molecule has 5 aromatic heterocycles. The van der Waals surface area contributed by atoms with E-state index in [1.54, 1.807) is 61.2 Å². The number of ether oxygens (including phenoxy) is 1. The van der Waals surface area contributed by atoms with Gasteiger partial charge in [0.15, 0.2) is 23.3 Å². The summed E-state index contributed by atoms with van der Waals surface area (Å²) < 4.78 is 28.5. The van der Waals surface area contributed by atoms with Gasteiger partial charge in [-0.1, -0.05) is 151 Å². The molecule has 0 radical (unpaired) electrons. The Labute approximate surface area is 708 Å². The average molecular weight is 1740 g/mol. The molecule has 0 aliphatic carbocycles. The molecule has 0 amide bonds. The maximum atomic E-state index is 8.71. The fourth-order valence-corrected chi connectivity index (χ4v) is 11.2. The molecule has 107 heavy (non-hydrogen) atoms. The van der Waals surface area contributed by atoms with E-state index in [0.717, 1.165) is 35.3 Å². The maximum Gasteiger partial charge on any atom is 2.00 e. The van der Waals surface area contributed by atoms with Crippen LogP contribution in [0.1, 0.15) is 83.1 Å². The molecule has 6 aromatic carbocycles. The van der Waals surface area contributed by atoms with Crippen LogP contribution in [-0.4, -0.2) is 145 Å². The van der Waals surface area contributed by atoms with Gasteiger partial charge in [0, 0.05) is 95.9 Å². The second kappa shape index (κ2) is 46.7. The topological polar surface area (TPSA) is 228 Å². The van der Waals surface area contributed by atoms with Crippen molar-refractivity contribution in [2.45, 2.75) is 105 Å². The van der Waals surface area contributed by atoms with Gasteiger partial charge in [0.2, 0.25) is 26.4 Å².